The van der Waals surface area contributed by atoms with Crippen LogP contribution in [0.5, 0.6) is 5.75 Å². The van der Waals surface area contributed by atoms with E-state index in [1.165, 1.54) is 11.8 Å². The molecule has 1 saturated heterocycles. The average molecular weight is 419 g/mol. The normalized spacial score (nSPS) is 16.3. The number of rotatable bonds is 6. The van der Waals surface area contributed by atoms with Gasteiger partial charge in [-0.15, -0.1) is 0 Å². The second kappa shape index (κ2) is 8.63. The fraction of sp³-hybridized carbons (Fsp3) is 0.292. The fourth-order valence-corrected chi connectivity index (χ4v) is 4.07. The third-order valence-corrected chi connectivity index (χ3v) is 5.38. The lowest BCUT2D eigenvalue weighted by molar-refractivity contribution is -0.120. The summed E-state index contributed by atoms with van der Waals surface area (Å²) in [6, 6.07) is 14.1. The molecule has 7 heteroatoms. The molecule has 0 bridgehead atoms. The molecule has 2 aliphatic heterocycles. The van der Waals surface area contributed by atoms with Crippen molar-refractivity contribution in [2.75, 3.05) is 29.9 Å². The number of nitrogens with zero attached hydrogens (tertiary/aromatic N) is 2. The Bertz CT molecular complexity index is 1050. The number of anilines is 2. The van der Waals surface area contributed by atoms with Gasteiger partial charge in [0.1, 0.15) is 11.4 Å². The molecule has 0 aliphatic carbocycles. The van der Waals surface area contributed by atoms with Crippen LogP contribution in [0, 0.1) is 0 Å². The standard InChI is InChI=1S/C24H25N3O4/c1-3-31-20-9-5-4-8-19(20)27-23(29)21(22(24(27)30)26-14-6-7-15-26)17-10-12-18(13-11-17)25-16(2)28/h4-5,8-13H,3,6-7,14-15H2,1-2H3,(H,25,28). The van der Waals surface area contributed by atoms with Gasteiger partial charge in [-0.2, -0.15) is 0 Å². The van der Waals surface area contributed by atoms with E-state index < -0.39 is 0 Å². The lowest BCUT2D eigenvalue weighted by atomic mass is 10.0. The molecule has 2 heterocycles. The lowest BCUT2D eigenvalue weighted by Crippen LogP contribution is -2.34. The minimum Gasteiger partial charge on any atom is -0.492 e. The number of hydrogen-bond donors (Lipinski definition) is 1. The number of nitrogens with one attached hydrogen (secondary N) is 1. The molecule has 160 valence electrons. The predicted octanol–water partition coefficient (Wildman–Crippen LogP) is 3.42. The molecule has 31 heavy (non-hydrogen) atoms. The highest BCUT2D eigenvalue weighted by atomic mass is 16.5. The van der Waals surface area contributed by atoms with E-state index in [0.717, 1.165) is 25.9 Å². The van der Waals surface area contributed by atoms with E-state index in [9.17, 15) is 14.4 Å². The van der Waals surface area contributed by atoms with Crippen molar-refractivity contribution in [2.45, 2.75) is 26.7 Å². The van der Waals surface area contributed by atoms with Gasteiger partial charge in [0.15, 0.2) is 0 Å². The molecule has 2 aromatic carbocycles. The molecule has 1 N–H and O–H groups in total. The number of imide groups is 1. The second-order valence-corrected chi connectivity index (χ2v) is 7.52. The van der Waals surface area contributed by atoms with Crippen LogP contribution in [-0.4, -0.2) is 42.3 Å². The highest BCUT2D eigenvalue weighted by Gasteiger charge is 2.43. The third-order valence-electron chi connectivity index (χ3n) is 5.38. The Hall–Kier alpha value is -3.61. The Labute approximate surface area is 181 Å². The maximum absolute atomic E-state index is 13.6. The SMILES string of the molecule is CCOc1ccccc1N1C(=O)C(c2ccc(NC(C)=O)cc2)=C(N2CCCC2)C1=O. The van der Waals surface area contributed by atoms with Gasteiger partial charge in [-0.3, -0.25) is 14.4 Å². The number of likely N-dealkylation sites (tertiary alicyclic amines) is 1. The van der Waals surface area contributed by atoms with Gasteiger partial charge in [0.25, 0.3) is 11.8 Å². The number of carbonyl (C=O) groups is 3. The molecular formula is C24H25N3O4. The van der Waals surface area contributed by atoms with Gasteiger partial charge < -0.3 is 15.0 Å². The summed E-state index contributed by atoms with van der Waals surface area (Å²) in [6.07, 6.45) is 1.96. The van der Waals surface area contributed by atoms with E-state index >= 15 is 0 Å². The first-order valence-electron chi connectivity index (χ1n) is 10.5. The Balaban J connectivity index is 1.78. The molecule has 0 radical (unpaired) electrons. The van der Waals surface area contributed by atoms with Gasteiger partial charge in [0.2, 0.25) is 5.91 Å². The number of amides is 3. The minimum atomic E-state index is -0.369. The van der Waals surface area contributed by atoms with Crippen molar-refractivity contribution >= 4 is 34.7 Å². The maximum Gasteiger partial charge on any atom is 0.282 e. The minimum absolute atomic E-state index is 0.171. The van der Waals surface area contributed by atoms with Gasteiger partial charge in [0.05, 0.1) is 17.9 Å². The van der Waals surface area contributed by atoms with E-state index in [1.807, 2.05) is 17.9 Å². The Morgan fingerprint density at radius 2 is 1.68 bits per heavy atom. The van der Waals surface area contributed by atoms with Crippen molar-refractivity contribution in [1.82, 2.24) is 4.90 Å². The number of hydrogen-bond acceptors (Lipinski definition) is 5. The van der Waals surface area contributed by atoms with Crippen LogP contribution >= 0.6 is 0 Å². The highest BCUT2D eigenvalue weighted by molar-refractivity contribution is 6.45. The molecule has 2 aromatic rings. The van der Waals surface area contributed by atoms with E-state index in [-0.39, 0.29) is 17.7 Å². The molecule has 0 aromatic heterocycles. The third kappa shape index (κ3) is 3.91. The highest BCUT2D eigenvalue weighted by Crippen LogP contribution is 2.39. The predicted molar refractivity (Wildman–Crippen MR) is 119 cm³/mol. The molecule has 3 amide bonds. The van der Waals surface area contributed by atoms with Crippen LogP contribution in [0.3, 0.4) is 0 Å². The summed E-state index contributed by atoms with van der Waals surface area (Å²) in [7, 11) is 0. The molecule has 0 unspecified atom stereocenters. The van der Waals surface area contributed by atoms with Crippen LogP contribution in [-0.2, 0) is 14.4 Å². The summed E-state index contributed by atoms with van der Waals surface area (Å²) in [5, 5.41) is 2.72. The van der Waals surface area contributed by atoms with Gasteiger partial charge in [0, 0.05) is 25.7 Å². The summed E-state index contributed by atoms with van der Waals surface area (Å²) in [6.45, 7) is 5.21. The monoisotopic (exact) mass is 419 g/mol. The van der Waals surface area contributed by atoms with Crippen molar-refractivity contribution in [2.24, 2.45) is 0 Å². The number of ether oxygens (including phenoxy) is 1. The van der Waals surface area contributed by atoms with Crippen LogP contribution in [0.1, 0.15) is 32.3 Å². The fourth-order valence-electron chi connectivity index (χ4n) is 4.07. The summed E-state index contributed by atoms with van der Waals surface area (Å²) in [4.78, 5) is 41.7. The quantitative estimate of drug-likeness (QED) is 0.726. The molecular weight excluding hydrogens is 394 g/mol. The summed E-state index contributed by atoms with van der Waals surface area (Å²) < 4.78 is 5.68. The first kappa shape index (κ1) is 20.7. The molecule has 0 saturated carbocycles. The van der Waals surface area contributed by atoms with Gasteiger partial charge in [-0.25, -0.2) is 4.90 Å². The van der Waals surface area contributed by atoms with E-state index in [0.29, 0.717) is 40.6 Å². The van der Waals surface area contributed by atoms with Crippen LogP contribution in [0.25, 0.3) is 5.57 Å². The van der Waals surface area contributed by atoms with E-state index in [4.69, 9.17) is 4.74 Å². The number of carbonyl (C=O) groups excluding carboxylic acids is 3. The topological polar surface area (TPSA) is 79.0 Å². The smallest absolute Gasteiger partial charge is 0.282 e. The molecule has 7 nitrogen and oxygen atoms in total. The zero-order valence-electron chi connectivity index (χ0n) is 17.7. The van der Waals surface area contributed by atoms with Gasteiger partial charge in [-0.05, 0) is 49.6 Å². The van der Waals surface area contributed by atoms with Crippen molar-refractivity contribution in [1.29, 1.82) is 0 Å². The molecule has 4 rings (SSSR count). The average Bonchev–Trinajstić information content (AvgIpc) is 3.35. The zero-order valence-corrected chi connectivity index (χ0v) is 17.7. The molecule has 1 fully saturated rings. The van der Waals surface area contributed by atoms with Crippen molar-refractivity contribution in [3.05, 3.63) is 59.8 Å². The summed E-state index contributed by atoms with van der Waals surface area (Å²) >= 11 is 0. The summed E-state index contributed by atoms with van der Waals surface area (Å²) in [5.74, 6) is -0.378. The van der Waals surface area contributed by atoms with Crippen molar-refractivity contribution in [3.8, 4) is 5.75 Å². The van der Waals surface area contributed by atoms with Crippen LogP contribution in [0.4, 0.5) is 11.4 Å². The molecule has 0 spiro atoms. The van der Waals surface area contributed by atoms with Gasteiger partial charge in [-0.1, -0.05) is 24.3 Å². The zero-order chi connectivity index (χ0) is 22.0. The summed E-state index contributed by atoms with van der Waals surface area (Å²) in [5.41, 5.74) is 2.54. The van der Waals surface area contributed by atoms with Crippen molar-refractivity contribution < 1.29 is 19.1 Å². The number of para-hydroxylation sites is 2. The molecule has 0 atom stereocenters. The largest absolute Gasteiger partial charge is 0.492 e. The Kier molecular flexibility index (Phi) is 5.75. The van der Waals surface area contributed by atoms with Crippen LogP contribution in [0.15, 0.2) is 54.2 Å². The number of benzene rings is 2. The van der Waals surface area contributed by atoms with E-state index in [2.05, 4.69) is 5.32 Å². The first-order chi connectivity index (χ1) is 15.0. The van der Waals surface area contributed by atoms with Gasteiger partial charge >= 0.3 is 0 Å². The van der Waals surface area contributed by atoms with E-state index in [1.54, 1.807) is 42.5 Å². The van der Waals surface area contributed by atoms with Crippen LogP contribution < -0.4 is 15.0 Å². The van der Waals surface area contributed by atoms with Crippen LogP contribution in [0.2, 0.25) is 0 Å². The maximum atomic E-state index is 13.6. The lowest BCUT2D eigenvalue weighted by Gasteiger charge is -2.21. The second-order valence-electron chi connectivity index (χ2n) is 7.52. The Morgan fingerprint density at radius 3 is 2.32 bits per heavy atom. The molecule has 2 aliphatic rings. The Morgan fingerprint density at radius 1 is 1.00 bits per heavy atom. The van der Waals surface area contributed by atoms with Crippen molar-refractivity contribution in [3.63, 3.8) is 0 Å². The first-order valence-corrected chi connectivity index (χ1v) is 10.5.